The van der Waals surface area contributed by atoms with Gasteiger partial charge in [-0.3, -0.25) is 0 Å². The number of ether oxygens (including phenoxy) is 3. The summed E-state index contributed by atoms with van der Waals surface area (Å²) < 4.78 is 16.6. The van der Waals surface area contributed by atoms with Crippen molar-refractivity contribution in [1.29, 1.82) is 0 Å². The molecular formula is C10H11BrO3. The second-order valence-electron chi connectivity index (χ2n) is 3.03. The van der Waals surface area contributed by atoms with Gasteiger partial charge in [-0.15, -0.1) is 0 Å². The van der Waals surface area contributed by atoms with Crippen LogP contribution in [-0.2, 0) is 4.74 Å². The Balaban J connectivity index is 2.45. The van der Waals surface area contributed by atoms with Crippen molar-refractivity contribution in [3.05, 3.63) is 22.2 Å². The van der Waals surface area contributed by atoms with Crippen molar-refractivity contribution < 1.29 is 14.2 Å². The maximum Gasteiger partial charge on any atom is 0.175 e. The lowest BCUT2D eigenvalue weighted by molar-refractivity contribution is 0.351. The summed E-state index contributed by atoms with van der Waals surface area (Å²) in [5.41, 5.74) is 1.11. The van der Waals surface area contributed by atoms with E-state index >= 15 is 0 Å². The Kier molecular flexibility index (Phi) is 2.65. The third kappa shape index (κ3) is 1.60. The van der Waals surface area contributed by atoms with Crippen LogP contribution < -0.4 is 9.47 Å². The average Bonchev–Trinajstić information content (AvgIpc) is 3.00. The van der Waals surface area contributed by atoms with E-state index in [1.807, 2.05) is 12.1 Å². The van der Waals surface area contributed by atoms with E-state index in [2.05, 4.69) is 15.9 Å². The Bertz CT molecular complexity index is 347. The maximum atomic E-state index is 5.26. The lowest BCUT2D eigenvalue weighted by Crippen LogP contribution is -1.94. The molecule has 0 radical (unpaired) electrons. The summed E-state index contributed by atoms with van der Waals surface area (Å²) in [6, 6.07) is 3.88. The summed E-state index contributed by atoms with van der Waals surface area (Å²) >= 11 is 3.49. The molecule has 0 N–H and O–H groups in total. The Hall–Kier alpha value is -0.740. The predicted molar refractivity (Wildman–Crippen MR) is 55.9 cm³/mol. The number of hydrogen-bond acceptors (Lipinski definition) is 3. The van der Waals surface area contributed by atoms with Crippen LogP contribution in [0.25, 0.3) is 0 Å². The van der Waals surface area contributed by atoms with Crippen molar-refractivity contribution in [2.45, 2.75) is 6.10 Å². The van der Waals surface area contributed by atoms with Gasteiger partial charge in [-0.25, -0.2) is 0 Å². The van der Waals surface area contributed by atoms with Crippen LogP contribution in [0.1, 0.15) is 11.7 Å². The molecule has 0 spiro atoms. The summed E-state index contributed by atoms with van der Waals surface area (Å²) in [5.74, 6) is 1.45. The second kappa shape index (κ2) is 3.79. The molecule has 1 heterocycles. The summed E-state index contributed by atoms with van der Waals surface area (Å²) in [5, 5.41) is 0. The standard InChI is InChI=1S/C10H11BrO3/c1-12-7-4-3-6(8-5-14-8)9(11)10(7)13-2/h3-4,8H,5H2,1-2H3/t8-/m1/s1. The minimum Gasteiger partial charge on any atom is -0.493 e. The number of rotatable bonds is 3. The van der Waals surface area contributed by atoms with Crippen LogP contribution in [0.2, 0.25) is 0 Å². The van der Waals surface area contributed by atoms with Crippen LogP contribution in [0.4, 0.5) is 0 Å². The highest BCUT2D eigenvalue weighted by Crippen LogP contribution is 2.43. The molecule has 76 valence electrons. The Morgan fingerprint density at radius 2 is 2.07 bits per heavy atom. The van der Waals surface area contributed by atoms with Gasteiger partial charge in [-0.2, -0.15) is 0 Å². The molecule has 0 aromatic heterocycles. The summed E-state index contributed by atoms with van der Waals surface area (Å²) in [6.45, 7) is 0.786. The monoisotopic (exact) mass is 258 g/mol. The molecule has 0 unspecified atom stereocenters. The first kappa shape index (κ1) is 9.80. The lowest BCUT2D eigenvalue weighted by atomic mass is 10.1. The topological polar surface area (TPSA) is 31.0 Å². The van der Waals surface area contributed by atoms with E-state index in [4.69, 9.17) is 14.2 Å². The summed E-state index contributed by atoms with van der Waals surface area (Å²) in [7, 11) is 3.25. The molecule has 1 saturated heterocycles. The summed E-state index contributed by atoms with van der Waals surface area (Å²) in [4.78, 5) is 0. The van der Waals surface area contributed by atoms with E-state index in [1.54, 1.807) is 14.2 Å². The van der Waals surface area contributed by atoms with Gasteiger partial charge in [-0.05, 0) is 22.0 Å². The number of methoxy groups -OCH3 is 2. The molecule has 0 saturated carbocycles. The molecular weight excluding hydrogens is 248 g/mol. The Morgan fingerprint density at radius 1 is 1.36 bits per heavy atom. The minimum atomic E-state index is 0.212. The van der Waals surface area contributed by atoms with Crippen LogP contribution in [-0.4, -0.2) is 20.8 Å². The van der Waals surface area contributed by atoms with Crippen LogP contribution in [0.3, 0.4) is 0 Å². The van der Waals surface area contributed by atoms with E-state index in [0.29, 0.717) is 0 Å². The Morgan fingerprint density at radius 3 is 2.57 bits per heavy atom. The van der Waals surface area contributed by atoms with Crippen molar-refractivity contribution in [2.24, 2.45) is 0 Å². The second-order valence-corrected chi connectivity index (χ2v) is 3.82. The van der Waals surface area contributed by atoms with E-state index in [1.165, 1.54) is 0 Å². The highest BCUT2D eigenvalue weighted by atomic mass is 79.9. The maximum absolute atomic E-state index is 5.26. The third-order valence-corrected chi connectivity index (χ3v) is 3.01. The first-order valence-electron chi connectivity index (χ1n) is 4.30. The molecule has 14 heavy (non-hydrogen) atoms. The van der Waals surface area contributed by atoms with Gasteiger partial charge < -0.3 is 14.2 Å². The van der Waals surface area contributed by atoms with Crippen molar-refractivity contribution in [1.82, 2.24) is 0 Å². The van der Waals surface area contributed by atoms with Crippen molar-refractivity contribution in [3.63, 3.8) is 0 Å². The molecule has 3 nitrogen and oxygen atoms in total. The van der Waals surface area contributed by atoms with Gasteiger partial charge in [0, 0.05) is 5.56 Å². The molecule has 1 atom stereocenters. The fraction of sp³-hybridized carbons (Fsp3) is 0.400. The molecule has 1 aromatic carbocycles. The van der Waals surface area contributed by atoms with Crippen LogP contribution in [0.5, 0.6) is 11.5 Å². The highest BCUT2D eigenvalue weighted by molar-refractivity contribution is 9.10. The average molecular weight is 259 g/mol. The predicted octanol–water partition coefficient (Wildman–Crippen LogP) is 2.54. The van der Waals surface area contributed by atoms with Crippen LogP contribution >= 0.6 is 15.9 Å². The van der Waals surface area contributed by atoms with E-state index in [9.17, 15) is 0 Å². The molecule has 1 aromatic rings. The highest BCUT2D eigenvalue weighted by Gasteiger charge is 2.29. The first-order valence-corrected chi connectivity index (χ1v) is 5.09. The number of benzene rings is 1. The lowest BCUT2D eigenvalue weighted by Gasteiger charge is -2.11. The fourth-order valence-corrected chi connectivity index (χ4v) is 2.13. The molecule has 1 aliphatic rings. The molecule has 0 amide bonds. The molecule has 0 aliphatic carbocycles. The van der Waals surface area contributed by atoms with Crippen molar-refractivity contribution in [2.75, 3.05) is 20.8 Å². The van der Waals surface area contributed by atoms with Crippen LogP contribution in [0.15, 0.2) is 16.6 Å². The van der Waals surface area contributed by atoms with Gasteiger partial charge in [-0.1, -0.05) is 6.07 Å². The van der Waals surface area contributed by atoms with E-state index in [-0.39, 0.29) is 6.10 Å². The minimum absolute atomic E-state index is 0.212. The van der Waals surface area contributed by atoms with Crippen LogP contribution in [0, 0.1) is 0 Å². The summed E-state index contributed by atoms with van der Waals surface area (Å²) in [6.07, 6.45) is 0.212. The fourth-order valence-electron chi connectivity index (χ4n) is 1.38. The third-order valence-electron chi connectivity index (χ3n) is 2.20. The van der Waals surface area contributed by atoms with Gasteiger partial charge in [0.2, 0.25) is 0 Å². The van der Waals surface area contributed by atoms with Crippen molar-refractivity contribution >= 4 is 15.9 Å². The quantitative estimate of drug-likeness (QED) is 0.781. The SMILES string of the molecule is COc1ccc([C@H]2CO2)c(Br)c1OC. The number of epoxide rings is 1. The zero-order valence-electron chi connectivity index (χ0n) is 8.04. The van der Waals surface area contributed by atoms with Gasteiger partial charge in [0.15, 0.2) is 11.5 Å². The molecule has 2 rings (SSSR count). The number of halogens is 1. The van der Waals surface area contributed by atoms with Gasteiger partial charge >= 0.3 is 0 Å². The molecule has 1 fully saturated rings. The largest absolute Gasteiger partial charge is 0.493 e. The van der Waals surface area contributed by atoms with Gasteiger partial charge in [0.05, 0.1) is 25.3 Å². The van der Waals surface area contributed by atoms with Gasteiger partial charge in [0.1, 0.15) is 6.10 Å². The van der Waals surface area contributed by atoms with Crippen molar-refractivity contribution in [3.8, 4) is 11.5 Å². The van der Waals surface area contributed by atoms with E-state index < -0.39 is 0 Å². The van der Waals surface area contributed by atoms with E-state index in [0.717, 1.165) is 28.1 Å². The molecule has 4 heteroatoms. The smallest absolute Gasteiger partial charge is 0.175 e. The first-order chi connectivity index (χ1) is 6.77. The normalized spacial score (nSPS) is 19.2. The Labute approximate surface area is 91.1 Å². The molecule has 0 bridgehead atoms. The zero-order chi connectivity index (χ0) is 10.1. The molecule has 1 aliphatic heterocycles. The zero-order valence-corrected chi connectivity index (χ0v) is 9.63. The van der Waals surface area contributed by atoms with Gasteiger partial charge in [0.25, 0.3) is 0 Å². The number of hydrogen-bond donors (Lipinski definition) is 0.